The molecule has 6 heteroatoms. The van der Waals surface area contributed by atoms with Crippen LogP contribution in [0.3, 0.4) is 0 Å². The Bertz CT molecular complexity index is 560. The lowest BCUT2D eigenvalue weighted by atomic mass is 10.1. The molecule has 0 N–H and O–H groups in total. The molecule has 2 aromatic rings. The van der Waals surface area contributed by atoms with Crippen LogP contribution >= 0.6 is 11.6 Å². The van der Waals surface area contributed by atoms with Gasteiger partial charge in [0.25, 0.3) is 0 Å². The van der Waals surface area contributed by atoms with Crippen LogP contribution in [0.15, 0.2) is 36.5 Å². The van der Waals surface area contributed by atoms with Crippen molar-refractivity contribution in [3.63, 3.8) is 0 Å². The Hall–Kier alpha value is -2.01. The Kier molecular flexibility index (Phi) is 3.30. The third kappa shape index (κ3) is 2.98. The van der Waals surface area contributed by atoms with Crippen molar-refractivity contribution in [2.24, 2.45) is 0 Å². The van der Waals surface area contributed by atoms with Crippen LogP contribution in [0.2, 0.25) is 5.02 Å². The molecular weight excluding hydrogens is 242 g/mol. The van der Waals surface area contributed by atoms with Gasteiger partial charge in [-0.1, -0.05) is 23.7 Å². The van der Waals surface area contributed by atoms with E-state index in [2.05, 4.69) is 9.97 Å². The van der Waals surface area contributed by atoms with Crippen LogP contribution in [-0.2, 0) is 6.42 Å². The van der Waals surface area contributed by atoms with Gasteiger partial charge in [-0.2, -0.15) is 0 Å². The summed E-state index contributed by atoms with van der Waals surface area (Å²) in [5.41, 5.74) is 0.915. The largest absolute Gasteiger partial charge is 0.367 e. The Morgan fingerprint density at radius 3 is 2.88 bits per heavy atom. The zero-order chi connectivity index (χ0) is 12.3. The molecule has 0 spiro atoms. The molecule has 0 aliphatic carbocycles. The first-order valence-electron chi connectivity index (χ1n) is 4.86. The van der Waals surface area contributed by atoms with Gasteiger partial charge in [-0.3, -0.25) is 0 Å². The molecule has 0 atom stereocenters. The van der Waals surface area contributed by atoms with Gasteiger partial charge in [-0.05, 0) is 27.6 Å². The van der Waals surface area contributed by atoms with Crippen LogP contribution in [0.25, 0.3) is 0 Å². The van der Waals surface area contributed by atoms with E-state index in [1.165, 1.54) is 12.3 Å². The van der Waals surface area contributed by atoms with E-state index in [1.54, 1.807) is 12.1 Å². The van der Waals surface area contributed by atoms with Crippen molar-refractivity contribution < 1.29 is 4.92 Å². The normalized spacial score (nSPS) is 10.2. The zero-order valence-electron chi connectivity index (χ0n) is 8.71. The van der Waals surface area contributed by atoms with Crippen LogP contribution in [0, 0.1) is 10.1 Å². The third-order valence-corrected chi connectivity index (χ3v) is 2.36. The van der Waals surface area contributed by atoms with E-state index in [9.17, 15) is 10.1 Å². The molecule has 0 bridgehead atoms. The summed E-state index contributed by atoms with van der Waals surface area (Å²) >= 11 is 5.84. The van der Waals surface area contributed by atoms with Crippen LogP contribution in [0.1, 0.15) is 11.4 Å². The number of aromatic nitrogens is 2. The minimum absolute atomic E-state index is 0.197. The smallest absolute Gasteiger partial charge is 0.358 e. The number of nitro groups is 1. The third-order valence-electron chi connectivity index (χ3n) is 2.13. The second-order valence-electron chi connectivity index (χ2n) is 3.39. The molecule has 0 aliphatic rings. The van der Waals surface area contributed by atoms with Crippen molar-refractivity contribution >= 4 is 17.4 Å². The van der Waals surface area contributed by atoms with Crippen molar-refractivity contribution in [2.75, 3.05) is 0 Å². The number of nitrogens with zero attached hydrogens (tertiary/aromatic N) is 3. The van der Waals surface area contributed by atoms with Gasteiger partial charge in [0, 0.05) is 11.2 Å². The predicted molar refractivity (Wildman–Crippen MR) is 62.9 cm³/mol. The van der Waals surface area contributed by atoms with Gasteiger partial charge in [0.15, 0.2) is 0 Å². The first-order chi connectivity index (χ1) is 8.15. The van der Waals surface area contributed by atoms with Gasteiger partial charge in [0.05, 0.1) is 12.5 Å². The molecule has 0 aliphatic heterocycles. The maximum atomic E-state index is 10.6. The monoisotopic (exact) mass is 249 g/mol. The summed E-state index contributed by atoms with van der Waals surface area (Å²) < 4.78 is 0. The van der Waals surface area contributed by atoms with Gasteiger partial charge in [0.2, 0.25) is 5.82 Å². The van der Waals surface area contributed by atoms with E-state index >= 15 is 0 Å². The molecule has 0 saturated heterocycles. The van der Waals surface area contributed by atoms with E-state index in [0.717, 1.165) is 5.56 Å². The van der Waals surface area contributed by atoms with E-state index in [4.69, 9.17) is 11.6 Å². The number of benzene rings is 1. The first kappa shape index (κ1) is 11.5. The Labute approximate surface area is 102 Å². The number of halogens is 1. The van der Waals surface area contributed by atoms with Crippen LogP contribution in [-0.4, -0.2) is 14.9 Å². The summed E-state index contributed by atoms with van der Waals surface area (Å²) in [4.78, 5) is 17.8. The highest BCUT2D eigenvalue weighted by Gasteiger charge is 2.11. The van der Waals surface area contributed by atoms with Crippen molar-refractivity contribution in [1.82, 2.24) is 9.97 Å². The summed E-state index contributed by atoms with van der Waals surface area (Å²) in [6.07, 6.45) is 1.80. The fourth-order valence-corrected chi connectivity index (χ4v) is 1.62. The standard InChI is InChI=1S/C11H8ClN3O2/c12-9-3-1-2-8(6-9)7-10-13-5-4-11(14-10)15(16)17/h1-6H,7H2. The molecule has 1 aromatic heterocycles. The highest BCUT2D eigenvalue weighted by Crippen LogP contribution is 2.14. The Morgan fingerprint density at radius 2 is 2.18 bits per heavy atom. The minimum atomic E-state index is -0.539. The van der Waals surface area contributed by atoms with Gasteiger partial charge >= 0.3 is 5.82 Å². The van der Waals surface area contributed by atoms with Crippen molar-refractivity contribution in [1.29, 1.82) is 0 Å². The van der Waals surface area contributed by atoms with E-state index in [0.29, 0.717) is 17.3 Å². The van der Waals surface area contributed by atoms with E-state index in [1.807, 2.05) is 12.1 Å². The second kappa shape index (κ2) is 4.88. The molecule has 1 aromatic carbocycles. The molecule has 0 saturated carbocycles. The minimum Gasteiger partial charge on any atom is -0.358 e. The highest BCUT2D eigenvalue weighted by molar-refractivity contribution is 6.30. The van der Waals surface area contributed by atoms with Gasteiger partial charge in [0.1, 0.15) is 0 Å². The maximum absolute atomic E-state index is 10.6. The topological polar surface area (TPSA) is 68.9 Å². The van der Waals surface area contributed by atoms with Crippen LogP contribution in [0.4, 0.5) is 5.82 Å². The van der Waals surface area contributed by atoms with Gasteiger partial charge in [-0.25, -0.2) is 4.98 Å². The van der Waals surface area contributed by atoms with E-state index < -0.39 is 4.92 Å². The number of rotatable bonds is 3. The SMILES string of the molecule is O=[N+]([O-])c1ccnc(Cc2cccc(Cl)c2)n1. The van der Waals surface area contributed by atoms with Crippen LogP contribution < -0.4 is 0 Å². The molecule has 1 heterocycles. The number of hydrogen-bond acceptors (Lipinski definition) is 4. The molecule has 17 heavy (non-hydrogen) atoms. The lowest BCUT2D eigenvalue weighted by Crippen LogP contribution is -2.00. The van der Waals surface area contributed by atoms with Crippen LogP contribution in [0.5, 0.6) is 0 Å². The molecule has 0 fully saturated rings. The molecular formula is C11H8ClN3O2. The van der Waals surface area contributed by atoms with Crippen molar-refractivity contribution in [3.8, 4) is 0 Å². The average molecular weight is 250 g/mol. The lowest BCUT2D eigenvalue weighted by molar-refractivity contribution is -0.389. The summed E-state index contributed by atoms with van der Waals surface area (Å²) in [6.45, 7) is 0. The molecule has 5 nitrogen and oxygen atoms in total. The zero-order valence-corrected chi connectivity index (χ0v) is 9.46. The summed E-state index contributed by atoms with van der Waals surface area (Å²) in [5.74, 6) is 0.207. The Morgan fingerprint density at radius 1 is 1.35 bits per heavy atom. The van der Waals surface area contributed by atoms with Gasteiger partial charge in [-0.15, -0.1) is 0 Å². The van der Waals surface area contributed by atoms with E-state index in [-0.39, 0.29) is 5.82 Å². The molecule has 0 amide bonds. The summed E-state index contributed by atoms with van der Waals surface area (Å²) in [7, 11) is 0. The fourth-order valence-electron chi connectivity index (χ4n) is 1.40. The highest BCUT2D eigenvalue weighted by atomic mass is 35.5. The summed E-state index contributed by atoms with van der Waals surface area (Å²) in [6, 6.07) is 8.49. The maximum Gasteiger partial charge on any atom is 0.367 e. The Balaban J connectivity index is 2.24. The quantitative estimate of drug-likeness (QED) is 0.619. The first-order valence-corrected chi connectivity index (χ1v) is 5.24. The second-order valence-corrected chi connectivity index (χ2v) is 3.83. The van der Waals surface area contributed by atoms with Gasteiger partial charge < -0.3 is 10.1 Å². The van der Waals surface area contributed by atoms with Crippen molar-refractivity contribution in [3.05, 3.63) is 63.1 Å². The van der Waals surface area contributed by atoms with Crippen molar-refractivity contribution in [2.45, 2.75) is 6.42 Å². The molecule has 0 radical (unpaired) electrons. The molecule has 86 valence electrons. The summed E-state index contributed by atoms with van der Waals surface area (Å²) in [5, 5.41) is 11.2. The molecule has 0 unspecified atom stereocenters. The molecule has 2 rings (SSSR count). The predicted octanol–water partition coefficient (Wildman–Crippen LogP) is 2.63. The number of hydrogen-bond donors (Lipinski definition) is 0. The fraction of sp³-hybridized carbons (Fsp3) is 0.0909. The lowest BCUT2D eigenvalue weighted by Gasteiger charge is -1.98. The average Bonchev–Trinajstić information content (AvgIpc) is 2.29.